The molecule has 0 saturated heterocycles. The molecule has 0 spiro atoms. The van der Waals surface area contributed by atoms with Crippen molar-refractivity contribution >= 4 is 11.6 Å². The van der Waals surface area contributed by atoms with Crippen molar-refractivity contribution in [1.29, 1.82) is 0 Å². The van der Waals surface area contributed by atoms with Crippen molar-refractivity contribution in [1.82, 2.24) is 15.1 Å². The van der Waals surface area contributed by atoms with Gasteiger partial charge in [-0.3, -0.25) is 0 Å². The van der Waals surface area contributed by atoms with Gasteiger partial charge in [0.2, 0.25) is 0 Å². The fourth-order valence-corrected chi connectivity index (χ4v) is 1.82. The van der Waals surface area contributed by atoms with Gasteiger partial charge in [-0.2, -0.15) is 5.10 Å². The molecule has 1 aromatic heterocycles. The summed E-state index contributed by atoms with van der Waals surface area (Å²) in [6.45, 7) is 2.74. The molecule has 0 aliphatic carbocycles. The Balaban J connectivity index is 2.42. The van der Waals surface area contributed by atoms with Crippen molar-refractivity contribution in [3.63, 3.8) is 0 Å². The summed E-state index contributed by atoms with van der Waals surface area (Å²) in [5.41, 5.74) is 3.11. The van der Waals surface area contributed by atoms with E-state index in [1.807, 2.05) is 36.1 Å². The quantitative estimate of drug-likeness (QED) is 0.886. The minimum Gasteiger partial charge on any atom is -0.314 e. The van der Waals surface area contributed by atoms with Gasteiger partial charge in [0.1, 0.15) is 0 Å². The van der Waals surface area contributed by atoms with Crippen LogP contribution in [-0.2, 0) is 6.54 Å². The molecule has 16 heavy (non-hydrogen) atoms. The highest BCUT2D eigenvalue weighted by Gasteiger charge is 2.08. The zero-order chi connectivity index (χ0) is 11.5. The minimum atomic E-state index is 0.678. The maximum Gasteiger partial charge on any atom is 0.0952 e. The highest BCUT2D eigenvalue weighted by molar-refractivity contribution is 6.31. The van der Waals surface area contributed by atoms with Gasteiger partial charge >= 0.3 is 0 Å². The lowest BCUT2D eigenvalue weighted by molar-refractivity contribution is 0.755. The predicted molar refractivity (Wildman–Crippen MR) is 66.1 cm³/mol. The lowest BCUT2D eigenvalue weighted by Gasteiger charge is -2.04. The first-order valence-corrected chi connectivity index (χ1v) is 5.55. The van der Waals surface area contributed by atoms with Crippen LogP contribution in [0.4, 0.5) is 0 Å². The van der Waals surface area contributed by atoms with E-state index in [4.69, 9.17) is 11.6 Å². The largest absolute Gasteiger partial charge is 0.314 e. The molecule has 4 heteroatoms. The van der Waals surface area contributed by atoms with Crippen molar-refractivity contribution < 1.29 is 0 Å². The Hall–Kier alpha value is -1.32. The average Bonchev–Trinajstić information content (AvgIpc) is 2.61. The van der Waals surface area contributed by atoms with Gasteiger partial charge in [-0.1, -0.05) is 29.8 Å². The van der Waals surface area contributed by atoms with Crippen molar-refractivity contribution in [3.05, 3.63) is 46.7 Å². The first kappa shape index (κ1) is 11.2. The Morgan fingerprint density at radius 3 is 2.81 bits per heavy atom. The molecule has 0 saturated carbocycles. The van der Waals surface area contributed by atoms with Crippen molar-refractivity contribution in [2.45, 2.75) is 13.5 Å². The number of halogens is 1. The molecule has 3 nitrogen and oxygen atoms in total. The van der Waals surface area contributed by atoms with E-state index in [0.717, 1.165) is 11.4 Å². The Morgan fingerprint density at radius 2 is 2.12 bits per heavy atom. The second-order valence-electron chi connectivity index (χ2n) is 3.69. The van der Waals surface area contributed by atoms with Gasteiger partial charge in [0.05, 0.1) is 16.4 Å². The average molecular weight is 236 g/mol. The molecule has 0 amide bonds. The van der Waals surface area contributed by atoms with Crippen LogP contribution >= 0.6 is 11.6 Å². The van der Waals surface area contributed by atoms with Crippen LogP contribution in [0.3, 0.4) is 0 Å². The summed E-state index contributed by atoms with van der Waals surface area (Å²) in [6, 6.07) is 8.10. The molecule has 0 atom stereocenters. The third-order valence-electron chi connectivity index (χ3n) is 2.45. The van der Waals surface area contributed by atoms with Gasteiger partial charge < -0.3 is 5.32 Å². The topological polar surface area (TPSA) is 29.9 Å². The normalized spacial score (nSPS) is 10.7. The zero-order valence-corrected chi connectivity index (χ0v) is 10.1. The van der Waals surface area contributed by atoms with Crippen LogP contribution in [0.25, 0.3) is 5.69 Å². The number of aryl methyl sites for hydroxylation is 1. The van der Waals surface area contributed by atoms with Crippen LogP contribution in [0.1, 0.15) is 11.3 Å². The number of hydrogen-bond acceptors (Lipinski definition) is 2. The summed E-state index contributed by atoms with van der Waals surface area (Å²) in [4.78, 5) is 0. The number of nitrogens with one attached hydrogen (secondary N) is 1. The number of nitrogens with zero attached hydrogens (tertiary/aromatic N) is 2. The number of hydrogen-bond donors (Lipinski definition) is 1. The molecular formula is C12H14ClN3. The van der Waals surface area contributed by atoms with Gasteiger partial charge in [-0.15, -0.1) is 0 Å². The highest BCUT2D eigenvalue weighted by Crippen LogP contribution is 2.19. The lowest BCUT2D eigenvalue weighted by Crippen LogP contribution is -2.07. The molecule has 1 N–H and O–H groups in total. The molecule has 0 unspecified atom stereocenters. The molecule has 2 aromatic rings. The molecule has 0 aliphatic rings. The van der Waals surface area contributed by atoms with Crippen LogP contribution in [0.2, 0.25) is 5.02 Å². The van der Waals surface area contributed by atoms with E-state index >= 15 is 0 Å². The third kappa shape index (κ3) is 2.10. The Kier molecular flexibility index (Phi) is 3.27. The molecule has 2 rings (SSSR count). The lowest BCUT2D eigenvalue weighted by atomic mass is 10.2. The van der Waals surface area contributed by atoms with Crippen molar-refractivity contribution in [2.24, 2.45) is 0 Å². The summed E-state index contributed by atoms with van der Waals surface area (Å²) >= 11 is 6.10. The van der Waals surface area contributed by atoms with Crippen molar-refractivity contribution in [2.75, 3.05) is 7.05 Å². The van der Waals surface area contributed by atoms with E-state index in [9.17, 15) is 0 Å². The van der Waals surface area contributed by atoms with Crippen LogP contribution in [-0.4, -0.2) is 16.8 Å². The maximum atomic E-state index is 6.10. The first-order chi connectivity index (χ1) is 7.72. The predicted octanol–water partition coefficient (Wildman–Crippen LogP) is 2.55. The summed E-state index contributed by atoms with van der Waals surface area (Å²) in [7, 11) is 1.88. The monoisotopic (exact) mass is 235 g/mol. The molecule has 0 fully saturated rings. The van der Waals surface area contributed by atoms with Gasteiger partial charge in [-0.25, -0.2) is 4.68 Å². The molecule has 84 valence electrons. The number of benzene rings is 1. The van der Waals surface area contributed by atoms with E-state index in [0.29, 0.717) is 11.6 Å². The smallest absolute Gasteiger partial charge is 0.0952 e. The van der Waals surface area contributed by atoms with E-state index in [1.165, 1.54) is 5.56 Å². The summed E-state index contributed by atoms with van der Waals surface area (Å²) in [6.07, 6.45) is 1.84. The van der Waals surface area contributed by atoms with Crippen LogP contribution < -0.4 is 5.32 Å². The molecule has 1 heterocycles. The van der Waals surface area contributed by atoms with Crippen LogP contribution in [0, 0.1) is 6.92 Å². The Bertz CT molecular complexity index is 491. The fraction of sp³-hybridized carbons (Fsp3) is 0.250. The van der Waals surface area contributed by atoms with E-state index in [1.54, 1.807) is 0 Å². The number of para-hydroxylation sites is 1. The zero-order valence-electron chi connectivity index (χ0n) is 9.37. The van der Waals surface area contributed by atoms with Gasteiger partial charge in [0, 0.05) is 12.7 Å². The summed E-state index contributed by atoms with van der Waals surface area (Å²) in [5, 5.41) is 8.19. The summed E-state index contributed by atoms with van der Waals surface area (Å²) < 4.78 is 1.82. The number of aromatic nitrogens is 2. The van der Waals surface area contributed by atoms with Crippen LogP contribution in [0.5, 0.6) is 0 Å². The third-order valence-corrected chi connectivity index (χ3v) is 2.76. The maximum absolute atomic E-state index is 6.10. The Morgan fingerprint density at radius 1 is 1.38 bits per heavy atom. The number of rotatable bonds is 3. The highest BCUT2D eigenvalue weighted by atomic mass is 35.5. The van der Waals surface area contributed by atoms with Gasteiger partial charge in [-0.05, 0) is 25.6 Å². The molecule has 1 aromatic carbocycles. The second-order valence-corrected chi connectivity index (χ2v) is 4.09. The van der Waals surface area contributed by atoms with E-state index in [2.05, 4.69) is 23.4 Å². The SMILES string of the molecule is CNCc1nn(-c2ccccc2C)cc1Cl. The fourth-order valence-electron chi connectivity index (χ4n) is 1.62. The van der Waals surface area contributed by atoms with Gasteiger partial charge in [0.15, 0.2) is 0 Å². The van der Waals surface area contributed by atoms with Crippen LogP contribution in [0.15, 0.2) is 30.5 Å². The van der Waals surface area contributed by atoms with E-state index in [-0.39, 0.29) is 0 Å². The van der Waals surface area contributed by atoms with Gasteiger partial charge in [0.25, 0.3) is 0 Å². The molecule has 0 radical (unpaired) electrons. The Labute approximate surface area is 100 Å². The molecule has 0 bridgehead atoms. The molecular weight excluding hydrogens is 222 g/mol. The van der Waals surface area contributed by atoms with E-state index < -0.39 is 0 Å². The van der Waals surface area contributed by atoms with Crippen molar-refractivity contribution in [3.8, 4) is 5.69 Å². The first-order valence-electron chi connectivity index (χ1n) is 5.17. The standard InChI is InChI=1S/C12H14ClN3/c1-9-5-3-4-6-12(9)16-8-10(13)11(15-16)7-14-2/h3-6,8,14H,7H2,1-2H3. The molecule has 0 aliphatic heterocycles. The minimum absolute atomic E-state index is 0.678. The second kappa shape index (κ2) is 4.68. The summed E-state index contributed by atoms with van der Waals surface area (Å²) in [5.74, 6) is 0.